The summed E-state index contributed by atoms with van der Waals surface area (Å²) in [4.78, 5) is 0. The average Bonchev–Trinajstić information content (AvgIpc) is 2.69. The van der Waals surface area contributed by atoms with Crippen LogP contribution in [-0.2, 0) is 0 Å². The molecule has 2 aliphatic rings. The summed E-state index contributed by atoms with van der Waals surface area (Å²) in [5, 5.41) is 4.85. The van der Waals surface area contributed by atoms with E-state index in [-0.39, 0.29) is 0 Å². The Morgan fingerprint density at radius 1 is 1.31 bits per heavy atom. The van der Waals surface area contributed by atoms with Crippen molar-refractivity contribution in [3.05, 3.63) is 35.5 Å². The highest BCUT2D eigenvalue weighted by molar-refractivity contribution is 5.82. The van der Waals surface area contributed by atoms with Gasteiger partial charge in [0.15, 0.2) is 0 Å². The SMILES string of the molecule is CCCC1CCCC2=C1[N]c1ccccc12. The Morgan fingerprint density at radius 2 is 2.19 bits per heavy atom. The van der Waals surface area contributed by atoms with Gasteiger partial charge >= 0.3 is 0 Å². The minimum Gasteiger partial charge on any atom is -0.252 e. The summed E-state index contributed by atoms with van der Waals surface area (Å²) in [5.74, 6) is 0.723. The van der Waals surface area contributed by atoms with E-state index in [1.165, 1.54) is 49.1 Å². The average molecular weight is 212 g/mol. The van der Waals surface area contributed by atoms with Gasteiger partial charge in [-0.2, -0.15) is 0 Å². The van der Waals surface area contributed by atoms with Crippen molar-refractivity contribution in [1.82, 2.24) is 5.32 Å². The molecule has 1 unspecified atom stereocenters. The number of benzene rings is 1. The zero-order valence-electron chi connectivity index (χ0n) is 9.87. The second-order valence-corrected chi connectivity index (χ2v) is 4.87. The fourth-order valence-electron chi connectivity index (χ4n) is 3.05. The van der Waals surface area contributed by atoms with Crippen LogP contribution in [0.25, 0.3) is 5.57 Å². The standard InChI is InChI=1S/C15H18N/c1-2-6-11-7-5-9-13-12-8-3-4-10-14(12)16-15(11)13/h3-4,8,10-11H,2,5-7,9H2,1H3. The third kappa shape index (κ3) is 1.46. The molecule has 83 valence electrons. The molecule has 0 bridgehead atoms. The smallest absolute Gasteiger partial charge is 0.0708 e. The second-order valence-electron chi connectivity index (χ2n) is 4.87. The molecule has 0 spiro atoms. The Morgan fingerprint density at radius 3 is 3.06 bits per heavy atom. The lowest BCUT2D eigenvalue weighted by atomic mass is 9.84. The van der Waals surface area contributed by atoms with Crippen LogP contribution in [0.1, 0.15) is 44.6 Å². The first-order valence-corrected chi connectivity index (χ1v) is 6.44. The molecular weight excluding hydrogens is 194 g/mol. The van der Waals surface area contributed by atoms with Crippen LogP contribution in [0, 0.1) is 5.92 Å². The minimum atomic E-state index is 0.723. The Bertz CT molecular complexity index is 431. The number of fused-ring (bicyclic) bond motifs is 2. The number of rotatable bonds is 2. The molecular formula is C15H18N. The lowest BCUT2D eigenvalue weighted by Crippen LogP contribution is -2.13. The Balaban J connectivity index is 1.98. The maximum absolute atomic E-state index is 4.85. The number of allylic oxidation sites excluding steroid dienone is 2. The van der Waals surface area contributed by atoms with Gasteiger partial charge in [-0.25, -0.2) is 0 Å². The molecule has 1 heterocycles. The molecule has 0 saturated carbocycles. The van der Waals surface area contributed by atoms with E-state index >= 15 is 0 Å². The van der Waals surface area contributed by atoms with E-state index in [0.717, 1.165) is 5.92 Å². The number of hydrogen-bond acceptors (Lipinski definition) is 0. The zero-order valence-corrected chi connectivity index (χ0v) is 9.87. The molecule has 1 atom stereocenters. The normalized spacial score (nSPS) is 22.7. The van der Waals surface area contributed by atoms with Crippen LogP contribution >= 0.6 is 0 Å². The van der Waals surface area contributed by atoms with Crippen LogP contribution < -0.4 is 5.32 Å². The fourth-order valence-corrected chi connectivity index (χ4v) is 3.05. The molecule has 1 aromatic carbocycles. The monoisotopic (exact) mass is 212 g/mol. The molecule has 1 nitrogen and oxygen atoms in total. The molecule has 16 heavy (non-hydrogen) atoms. The first-order chi connectivity index (χ1) is 7.90. The van der Waals surface area contributed by atoms with Crippen molar-refractivity contribution in [3.63, 3.8) is 0 Å². The van der Waals surface area contributed by atoms with Crippen molar-refractivity contribution in [2.24, 2.45) is 5.92 Å². The van der Waals surface area contributed by atoms with Crippen LogP contribution in [0.2, 0.25) is 0 Å². The number of nitrogens with zero attached hydrogens (tertiary/aromatic N) is 1. The van der Waals surface area contributed by atoms with E-state index in [9.17, 15) is 0 Å². The third-order valence-corrected chi connectivity index (χ3v) is 3.78. The Kier molecular flexibility index (Phi) is 2.47. The molecule has 0 aromatic heterocycles. The van der Waals surface area contributed by atoms with Gasteiger partial charge < -0.3 is 0 Å². The molecule has 0 N–H and O–H groups in total. The van der Waals surface area contributed by atoms with Crippen molar-refractivity contribution in [1.29, 1.82) is 0 Å². The molecule has 0 saturated heterocycles. The zero-order chi connectivity index (χ0) is 11.0. The van der Waals surface area contributed by atoms with Gasteiger partial charge in [-0.1, -0.05) is 31.5 Å². The lowest BCUT2D eigenvalue weighted by molar-refractivity contribution is 0.465. The van der Waals surface area contributed by atoms with E-state index in [4.69, 9.17) is 5.32 Å². The van der Waals surface area contributed by atoms with Gasteiger partial charge in [-0.15, -0.1) is 0 Å². The van der Waals surface area contributed by atoms with Crippen molar-refractivity contribution < 1.29 is 0 Å². The minimum absolute atomic E-state index is 0.723. The quantitative estimate of drug-likeness (QED) is 0.696. The van der Waals surface area contributed by atoms with Gasteiger partial charge in [0.25, 0.3) is 0 Å². The van der Waals surface area contributed by atoms with E-state index in [0.29, 0.717) is 0 Å². The molecule has 1 radical (unpaired) electrons. The van der Waals surface area contributed by atoms with Crippen molar-refractivity contribution in [3.8, 4) is 0 Å². The van der Waals surface area contributed by atoms with Crippen molar-refractivity contribution >= 4 is 11.3 Å². The highest BCUT2D eigenvalue weighted by Crippen LogP contribution is 2.45. The van der Waals surface area contributed by atoms with E-state index < -0.39 is 0 Å². The van der Waals surface area contributed by atoms with Crippen LogP contribution in [0.15, 0.2) is 30.0 Å². The highest BCUT2D eigenvalue weighted by Gasteiger charge is 2.30. The largest absolute Gasteiger partial charge is 0.252 e. The first-order valence-electron chi connectivity index (χ1n) is 6.44. The number of para-hydroxylation sites is 1. The van der Waals surface area contributed by atoms with E-state index in [2.05, 4.69) is 31.2 Å². The number of hydrogen-bond donors (Lipinski definition) is 0. The van der Waals surface area contributed by atoms with Gasteiger partial charge in [0.05, 0.1) is 5.69 Å². The van der Waals surface area contributed by atoms with Crippen molar-refractivity contribution in [2.75, 3.05) is 0 Å². The molecule has 0 fully saturated rings. The van der Waals surface area contributed by atoms with E-state index in [1.54, 1.807) is 5.57 Å². The predicted molar refractivity (Wildman–Crippen MR) is 67.4 cm³/mol. The molecule has 1 aliphatic heterocycles. The van der Waals surface area contributed by atoms with Gasteiger partial charge in [0, 0.05) is 17.2 Å². The summed E-state index contributed by atoms with van der Waals surface area (Å²) in [6, 6.07) is 8.61. The molecule has 1 heteroatoms. The second kappa shape index (κ2) is 3.97. The first kappa shape index (κ1) is 9.95. The fraction of sp³-hybridized carbons (Fsp3) is 0.467. The summed E-state index contributed by atoms with van der Waals surface area (Å²) in [6.07, 6.45) is 6.48. The third-order valence-electron chi connectivity index (χ3n) is 3.78. The van der Waals surface area contributed by atoms with Crippen LogP contribution in [0.5, 0.6) is 0 Å². The van der Waals surface area contributed by atoms with Gasteiger partial charge in [-0.3, -0.25) is 5.32 Å². The van der Waals surface area contributed by atoms with Crippen LogP contribution in [0.3, 0.4) is 0 Å². The summed E-state index contributed by atoms with van der Waals surface area (Å²) in [5.41, 5.74) is 5.56. The highest BCUT2D eigenvalue weighted by atomic mass is 14.9. The summed E-state index contributed by atoms with van der Waals surface area (Å²) in [7, 11) is 0. The Labute approximate surface area is 97.6 Å². The topological polar surface area (TPSA) is 14.1 Å². The van der Waals surface area contributed by atoms with Gasteiger partial charge in [0.1, 0.15) is 0 Å². The maximum Gasteiger partial charge on any atom is 0.0708 e. The Hall–Kier alpha value is -1.24. The molecule has 3 rings (SSSR count). The molecule has 1 aliphatic carbocycles. The molecule has 0 amide bonds. The summed E-state index contributed by atoms with van der Waals surface area (Å²) in [6.45, 7) is 2.27. The van der Waals surface area contributed by atoms with E-state index in [1.807, 2.05) is 0 Å². The lowest BCUT2D eigenvalue weighted by Gasteiger charge is -2.23. The van der Waals surface area contributed by atoms with Crippen molar-refractivity contribution in [2.45, 2.75) is 39.0 Å². The predicted octanol–water partition coefficient (Wildman–Crippen LogP) is 4.25. The summed E-state index contributed by atoms with van der Waals surface area (Å²) >= 11 is 0. The van der Waals surface area contributed by atoms with Crippen LogP contribution in [-0.4, -0.2) is 0 Å². The van der Waals surface area contributed by atoms with Gasteiger partial charge in [0.2, 0.25) is 0 Å². The van der Waals surface area contributed by atoms with Gasteiger partial charge in [-0.05, 0) is 37.3 Å². The summed E-state index contributed by atoms with van der Waals surface area (Å²) < 4.78 is 0. The maximum atomic E-state index is 4.85. The molecule has 1 aromatic rings. The van der Waals surface area contributed by atoms with Crippen LogP contribution in [0.4, 0.5) is 5.69 Å².